The summed E-state index contributed by atoms with van der Waals surface area (Å²) in [6.45, 7) is 0.235. The van der Waals surface area contributed by atoms with Crippen LogP contribution in [0.25, 0.3) is 0 Å². The topological polar surface area (TPSA) is 123 Å². The van der Waals surface area contributed by atoms with Gasteiger partial charge in [-0.25, -0.2) is 4.79 Å². The molecule has 0 saturated carbocycles. The molecular weight excluding hydrogens is 507 g/mol. The van der Waals surface area contributed by atoms with Gasteiger partial charge in [-0.3, -0.25) is 9.59 Å². The molecule has 0 spiro atoms. The second-order valence-electron chi connectivity index (χ2n) is 6.81. The summed E-state index contributed by atoms with van der Waals surface area (Å²) in [6.07, 6.45) is 0.330. The number of hydrogen-bond acceptors (Lipinski definition) is 7. The summed E-state index contributed by atoms with van der Waals surface area (Å²) in [4.78, 5) is 36.6. The van der Waals surface area contributed by atoms with Crippen molar-refractivity contribution in [3.05, 3.63) is 45.0 Å². The zero-order valence-electron chi connectivity index (χ0n) is 16.1. The minimum Gasteiger partial charge on any atom is -0.456 e. The predicted molar refractivity (Wildman–Crippen MR) is 113 cm³/mol. The number of halogens is 1. The van der Waals surface area contributed by atoms with Gasteiger partial charge in [0.25, 0.3) is 0 Å². The SMILES string of the molecule is O=C(CCNC(=O)C1=C[C@H]2OCO[C@H]2[C@H](OC(=O)c2ccc(I)cc2)C1)NCCO. The number of esters is 1. The molecular formula is C20H23IN2O7. The maximum absolute atomic E-state index is 12.5. The number of carbonyl (C=O) groups is 3. The van der Waals surface area contributed by atoms with Crippen LogP contribution in [-0.2, 0) is 23.8 Å². The number of fused-ring (bicyclic) bond motifs is 1. The van der Waals surface area contributed by atoms with Crippen molar-refractivity contribution in [3.8, 4) is 0 Å². The van der Waals surface area contributed by atoms with Gasteiger partial charge in [-0.15, -0.1) is 0 Å². The average Bonchev–Trinajstić information content (AvgIpc) is 3.21. The Labute approximate surface area is 187 Å². The molecule has 9 nitrogen and oxygen atoms in total. The highest BCUT2D eigenvalue weighted by Gasteiger charge is 2.42. The molecule has 1 aliphatic heterocycles. The Morgan fingerprint density at radius 1 is 1.13 bits per heavy atom. The Morgan fingerprint density at radius 2 is 1.90 bits per heavy atom. The number of carbonyl (C=O) groups excluding carboxylic acids is 3. The minimum absolute atomic E-state index is 0.0589. The molecule has 30 heavy (non-hydrogen) atoms. The molecule has 1 aliphatic carbocycles. The lowest BCUT2D eigenvalue weighted by Gasteiger charge is -2.30. The van der Waals surface area contributed by atoms with Gasteiger partial charge in [-0.05, 0) is 52.9 Å². The van der Waals surface area contributed by atoms with Crippen molar-refractivity contribution >= 4 is 40.4 Å². The van der Waals surface area contributed by atoms with Crippen LogP contribution < -0.4 is 10.6 Å². The van der Waals surface area contributed by atoms with E-state index in [1.54, 1.807) is 18.2 Å². The third kappa shape index (κ3) is 6.00. The van der Waals surface area contributed by atoms with Crippen LogP contribution in [0.1, 0.15) is 23.2 Å². The van der Waals surface area contributed by atoms with Crippen molar-refractivity contribution < 1.29 is 33.7 Å². The first-order valence-electron chi connectivity index (χ1n) is 9.54. The van der Waals surface area contributed by atoms with Crippen LogP contribution in [0.3, 0.4) is 0 Å². The molecule has 162 valence electrons. The van der Waals surface area contributed by atoms with Crippen LogP contribution in [-0.4, -0.2) is 67.7 Å². The van der Waals surface area contributed by atoms with E-state index in [1.807, 2.05) is 12.1 Å². The Hall–Kier alpha value is -2.02. The number of hydrogen-bond donors (Lipinski definition) is 3. The fourth-order valence-corrected chi connectivity index (χ4v) is 3.56. The van der Waals surface area contributed by atoms with E-state index in [-0.39, 0.29) is 51.1 Å². The van der Waals surface area contributed by atoms with E-state index in [9.17, 15) is 14.4 Å². The lowest BCUT2D eigenvalue weighted by molar-refractivity contribution is -0.121. The first kappa shape index (κ1) is 22.7. The Kier molecular flexibility index (Phi) is 8.19. The molecule has 1 heterocycles. The van der Waals surface area contributed by atoms with Crippen molar-refractivity contribution in [1.29, 1.82) is 0 Å². The molecule has 1 fully saturated rings. The highest BCUT2D eigenvalue weighted by atomic mass is 127. The number of nitrogens with one attached hydrogen (secondary N) is 2. The highest BCUT2D eigenvalue weighted by molar-refractivity contribution is 14.1. The standard InChI is InChI=1S/C20H23IN2O7/c21-14-3-1-12(2-4-14)20(27)30-16-10-13(9-15-18(16)29-11-28-15)19(26)23-6-5-17(25)22-7-8-24/h1-4,9,15-16,18,24H,5-8,10-11H2,(H,22,25)(H,23,26)/t15-,16-,18-/m1/s1. The molecule has 1 aromatic carbocycles. The summed E-state index contributed by atoms with van der Waals surface area (Å²) in [6, 6.07) is 6.99. The summed E-state index contributed by atoms with van der Waals surface area (Å²) in [5.41, 5.74) is 0.832. The molecule has 10 heteroatoms. The molecule has 3 rings (SSSR count). The number of aliphatic hydroxyl groups excluding tert-OH is 1. The highest BCUT2D eigenvalue weighted by Crippen LogP contribution is 2.30. The third-order valence-corrected chi connectivity index (χ3v) is 5.42. The zero-order valence-corrected chi connectivity index (χ0v) is 18.3. The molecule has 0 bridgehead atoms. The number of aliphatic hydroxyl groups is 1. The van der Waals surface area contributed by atoms with E-state index >= 15 is 0 Å². The van der Waals surface area contributed by atoms with E-state index in [0.29, 0.717) is 11.1 Å². The fourth-order valence-electron chi connectivity index (χ4n) is 3.20. The lowest BCUT2D eigenvalue weighted by Crippen LogP contribution is -2.43. The average molecular weight is 530 g/mol. The first-order valence-corrected chi connectivity index (χ1v) is 10.6. The van der Waals surface area contributed by atoms with Gasteiger partial charge in [0.05, 0.1) is 12.2 Å². The lowest BCUT2D eigenvalue weighted by atomic mass is 9.91. The normalized spacial score (nSPS) is 22.6. The van der Waals surface area contributed by atoms with Crippen molar-refractivity contribution in [3.63, 3.8) is 0 Å². The van der Waals surface area contributed by atoms with Crippen molar-refractivity contribution in [1.82, 2.24) is 10.6 Å². The third-order valence-electron chi connectivity index (χ3n) is 4.70. The Morgan fingerprint density at radius 3 is 2.63 bits per heavy atom. The van der Waals surface area contributed by atoms with Gasteiger partial charge in [-0.1, -0.05) is 0 Å². The van der Waals surface area contributed by atoms with Crippen LogP contribution in [0.5, 0.6) is 0 Å². The minimum atomic E-state index is -0.664. The van der Waals surface area contributed by atoms with Crippen LogP contribution in [0.4, 0.5) is 0 Å². The zero-order chi connectivity index (χ0) is 21.5. The summed E-state index contributed by atoms with van der Waals surface area (Å²) in [7, 11) is 0. The second-order valence-corrected chi connectivity index (χ2v) is 8.05. The van der Waals surface area contributed by atoms with E-state index in [2.05, 4.69) is 33.2 Å². The maximum atomic E-state index is 12.5. The number of rotatable bonds is 8. The number of ether oxygens (including phenoxy) is 3. The molecule has 2 amide bonds. The van der Waals surface area contributed by atoms with Gasteiger partial charge < -0.3 is 30.0 Å². The Balaban J connectivity index is 1.58. The maximum Gasteiger partial charge on any atom is 0.338 e. The Bertz CT molecular complexity index is 812. The van der Waals surface area contributed by atoms with Gasteiger partial charge in [0.15, 0.2) is 0 Å². The summed E-state index contributed by atoms with van der Waals surface area (Å²) in [5.74, 6) is -1.11. The van der Waals surface area contributed by atoms with Gasteiger partial charge >= 0.3 is 5.97 Å². The molecule has 0 aromatic heterocycles. The molecule has 0 radical (unpaired) electrons. The number of amides is 2. The molecule has 1 saturated heterocycles. The van der Waals surface area contributed by atoms with Crippen molar-refractivity contribution in [2.75, 3.05) is 26.5 Å². The summed E-state index contributed by atoms with van der Waals surface area (Å²) in [5, 5.41) is 13.9. The van der Waals surface area contributed by atoms with Crippen LogP contribution in [0, 0.1) is 3.57 Å². The number of benzene rings is 1. The van der Waals surface area contributed by atoms with Crippen molar-refractivity contribution in [2.45, 2.75) is 31.2 Å². The first-order chi connectivity index (χ1) is 14.5. The molecule has 2 aliphatic rings. The largest absolute Gasteiger partial charge is 0.456 e. The smallest absolute Gasteiger partial charge is 0.338 e. The molecule has 0 unspecified atom stereocenters. The summed E-state index contributed by atoms with van der Waals surface area (Å²) >= 11 is 2.15. The van der Waals surface area contributed by atoms with Gasteiger partial charge in [-0.2, -0.15) is 0 Å². The van der Waals surface area contributed by atoms with Crippen LogP contribution in [0.15, 0.2) is 35.9 Å². The van der Waals surface area contributed by atoms with Crippen LogP contribution in [0.2, 0.25) is 0 Å². The van der Waals surface area contributed by atoms with Gasteiger partial charge in [0.2, 0.25) is 11.8 Å². The van der Waals surface area contributed by atoms with E-state index in [0.717, 1.165) is 3.57 Å². The second kappa shape index (κ2) is 10.8. The van der Waals surface area contributed by atoms with Gasteiger partial charge in [0, 0.05) is 35.1 Å². The predicted octanol–water partition coefficient (Wildman–Crippen LogP) is 0.503. The monoisotopic (exact) mass is 530 g/mol. The van der Waals surface area contributed by atoms with E-state index in [1.165, 1.54) is 0 Å². The molecule has 3 atom stereocenters. The van der Waals surface area contributed by atoms with Gasteiger partial charge in [0.1, 0.15) is 25.1 Å². The van der Waals surface area contributed by atoms with Crippen molar-refractivity contribution in [2.24, 2.45) is 0 Å². The molecule has 3 N–H and O–H groups in total. The molecule has 1 aromatic rings. The van der Waals surface area contributed by atoms with Crippen LogP contribution >= 0.6 is 22.6 Å². The quantitative estimate of drug-likeness (QED) is 0.331. The van der Waals surface area contributed by atoms with E-state index in [4.69, 9.17) is 19.3 Å². The fraction of sp³-hybridized carbons (Fsp3) is 0.450. The van der Waals surface area contributed by atoms with E-state index < -0.39 is 24.3 Å². The summed E-state index contributed by atoms with van der Waals surface area (Å²) < 4.78 is 17.7.